The first kappa shape index (κ1) is 98.5. The van der Waals surface area contributed by atoms with Crippen molar-refractivity contribution < 1.29 is 80.2 Å². The number of phosphoric acid groups is 2. The molecule has 17 nitrogen and oxygen atoms in total. The Morgan fingerprint density at radius 1 is 0.317 bits per heavy atom. The molecule has 0 aliphatic rings. The quantitative estimate of drug-likeness (QED) is 0.0169. The van der Waals surface area contributed by atoms with Gasteiger partial charge in [-0.15, -0.1) is 0 Å². The minimum atomic E-state index is -4.97. The van der Waals surface area contributed by atoms with Crippen LogP contribution >= 0.6 is 15.6 Å². The number of allylic oxidation sites excluding steroid dienone is 4. The molecule has 0 rings (SSSR count). The van der Waals surface area contributed by atoms with Gasteiger partial charge in [0.15, 0.2) is 12.2 Å². The first-order valence-corrected chi connectivity index (χ1v) is 45.0. The van der Waals surface area contributed by atoms with E-state index in [-0.39, 0.29) is 25.7 Å². The number of phosphoric ester groups is 2. The molecule has 0 aromatic rings. The molecule has 3 unspecified atom stereocenters. The van der Waals surface area contributed by atoms with Gasteiger partial charge in [0.05, 0.1) is 26.4 Å². The van der Waals surface area contributed by atoms with Gasteiger partial charge in [0, 0.05) is 25.7 Å². The van der Waals surface area contributed by atoms with Gasteiger partial charge in [-0.1, -0.05) is 361 Å². The van der Waals surface area contributed by atoms with Gasteiger partial charge >= 0.3 is 39.5 Å². The Morgan fingerprint density at radius 3 is 0.842 bits per heavy atom. The summed E-state index contributed by atoms with van der Waals surface area (Å²) >= 11 is 0. The molecule has 6 atom stereocenters. The van der Waals surface area contributed by atoms with Crippen LogP contribution in [0, 0.1) is 5.92 Å². The Kier molecular flexibility index (Phi) is 72.6. The monoisotopic (exact) mass is 1480 g/mol. The van der Waals surface area contributed by atoms with E-state index in [9.17, 15) is 43.2 Å². The van der Waals surface area contributed by atoms with E-state index in [1.807, 2.05) is 0 Å². The van der Waals surface area contributed by atoms with E-state index in [4.69, 9.17) is 37.0 Å². The molecule has 0 heterocycles. The van der Waals surface area contributed by atoms with Crippen molar-refractivity contribution in [1.29, 1.82) is 0 Å². The zero-order valence-electron chi connectivity index (χ0n) is 65.5. The minimum Gasteiger partial charge on any atom is -0.462 e. The van der Waals surface area contributed by atoms with E-state index < -0.39 is 97.5 Å². The maximum atomic E-state index is 13.1. The van der Waals surface area contributed by atoms with Crippen molar-refractivity contribution in [3.05, 3.63) is 24.3 Å². The van der Waals surface area contributed by atoms with Gasteiger partial charge in [0.2, 0.25) is 0 Å². The maximum Gasteiger partial charge on any atom is 0.472 e. The number of hydrogen-bond donors (Lipinski definition) is 3. The number of unbranched alkanes of at least 4 members (excludes halogenated alkanes) is 48. The van der Waals surface area contributed by atoms with Gasteiger partial charge in [0.25, 0.3) is 0 Å². The predicted molar refractivity (Wildman–Crippen MR) is 414 cm³/mol. The Balaban J connectivity index is 5.27. The summed E-state index contributed by atoms with van der Waals surface area (Å²) in [6.45, 7) is 7.31. The number of aliphatic hydroxyl groups excluding tert-OH is 1. The molecule has 3 N–H and O–H groups in total. The van der Waals surface area contributed by atoms with E-state index in [2.05, 4.69) is 58.9 Å². The van der Waals surface area contributed by atoms with Crippen molar-refractivity contribution in [3.8, 4) is 0 Å². The van der Waals surface area contributed by atoms with E-state index in [0.29, 0.717) is 25.7 Å². The van der Waals surface area contributed by atoms with Crippen LogP contribution in [0.1, 0.15) is 413 Å². The topological polar surface area (TPSA) is 237 Å². The summed E-state index contributed by atoms with van der Waals surface area (Å²) < 4.78 is 68.7. The van der Waals surface area contributed by atoms with Gasteiger partial charge in [0.1, 0.15) is 19.3 Å². The van der Waals surface area contributed by atoms with Crippen LogP contribution in [0.25, 0.3) is 0 Å². The van der Waals surface area contributed by atoms with Crippen molar-refractivity contribution >= 4 is 39.5 Å². The predicted octanol–water partition coefficient (Wildman–Crippen LogP) is 24.4. The largest absolute Gasteiger partial charge is 0.472 e. The lowest BCUT2D eigenvalue weighted by molar-refractivity contribution is -0.161. The normalized spacial score (nSPS) is 14.3. The van der Waals surface area contributed by atoms with E-state index in [0.717, 1.165) is 109 Å². The lowest BCUT2D eigenvalue weighted by Crippen LogP contribution is -2.30. The number of rotatable bonds is 80. The molecule has 0 aliphatic heterocycles. The molecular weight excluding hydrogens is 1320 g/mol. The third-order valence-electron chi connectivity index (χ3n) is 19.0. The van der Waals surface area contributed by atoms with Crippen molar-refractivity contribution in [3.63, 3.8) is 0 Å². The highest BCUT2D eigenvalue weighted by atomic mass is 31.2. The molecule has 0 aromatic carbocycles. The Labute approximate surface area is 618 Å². The lowest BCUT2D eigenvalue weighted by atomic mass is 9.99. The highest BCUT2D eigenvalue weighted by Crippen LogP contribution is 2.45. The third-order valence-corrected chi connectivity index (χ3v) is 20.9. The van der Waals surface area contributed by atoms with Crippen LogP contribution in [-0.4, -0.2) is 96.7 Å². The van der Waals surface area contributed by atoms with Crippen LogP contribution in [0.2, 0.25) is 0 Å². The SMILES string of the molecule is CCCCCC/C=C\C=C/CCCCCCCC(=O)O[C@H](COC(=O)CCCCCCCCCCCC)COP(=O)(O)OC[C@H](O)COP(=O)(O)OC[C@@H](COC(=O)CCCCCCCCCCCCCCCCCCCC)OC(=O)CCCCCCCCCCCCCCCCC(C)CC. The Hall–Kier alpha value is -2.46. The fraction of sp³-hybridized carbons (Fsp3) is 0.902. The zero-order chi connectivity index (χ0) is 74.1. The highest BCUT2D eigenvalue weighted by Gasteiger charge is 2.30. The first-order chi connectivity index (χ1) is 49.1. The summed E-state index contributed by atoms with van der Waals surface area (Å²) in [4.78, 5) is 73.0. The van der Waals surface area contributed by atoms with Crippen LogP contribution in [0.3, 0.4) is 0 Å². The van der Waals surface area contributed by atoms with Crippen molar-refractivity contribution in [1.82, 2.24) is 0 Å². The molecule has 101 heavy (non-hydrogen) atoms. The van der Waals surface area contributed by atoms with Gasteiger partial charge in [-0.2, -0.15) is 0 Å². The number of aliphatic hydroxyl groups is 1. The number of carbonyl (C=O) groups excluding carboxylic acids is 4. The van der Waals surface area contributed by atoms with Crippen LogP contribution < -0.4 is 0 Å². The van der Waals surface area contributed by atoms with Gasteiger partial charge in [-0.3, -0.25) is 37.3 Å². The van der Waals surface area contributed by atoms with Crippen molar-refractivity contribution in [2.75, 3.05) is 39.6 Å². The average Bonchev–Trinajstić information content (AvgIpc) is 0.929. The zero-order valence-corrected chi connectivity index (χ0v) is 67.3. The third kappa shape index (κ3) is 74.2. The van der Waals surface area contributed by atoms with Crippen LogP contribution in [0.4, 0.5) is 0 Å². The fourth-order valence-corrected chi connectivity index (χ4v) is 13.8. The Bertz CT molecular complexity index is 2020. The molecule has 19 heteroatoms. The second-order valence-corrected chi connectivity index (χ2v) is 32.0. The van der Waals surface area contributed by atoms with Crippen LogP contribution in [0.5, 0.6) is 0 Å². The summed E-state index contributed by atoms with van der Waals surface area (Å²) in [5, 5.41) is 10.6. The lowest BCUT2D eigenvalue weighted by Gasteiger charge is -2.21. The van der Waals surface area contributed by atoms with E-state index >= 15 is 0 Å². The molecule has 0 aromatic heterocycles. The Morgan fingerprint density at radius 2 is 0.554 bits per heavy atom. The van der Waals surface area contributed by atoms with Gasteiger partial charge in [-0.05, 0) is 57.3 Å². The summed E-state index contributed by atoms with van der Waals surface area (Å²) in [5.41, 5.74) is 0. The smallest absolute Gasteiger partial charge is 0.462 e. The van der Waals surface area contributed by atoms with Crippen molar-refractivity contribution in [2.24, 2.45) is 5.92 Å². The summed E-state index contributed by atoms with van der Waals surface area (Å²) in [6.07, 6.45) is 68.7. The standard InChI is InChI=1S/C82H156O17P2/c1-6-10-13-16-19-22-25-27-29-30-31-33-37-41-46-51-56-61-66-80(85)93-72-78(99-82(87)68-63-58-53-48-43-39-35-34-36-40-44-49-54-59-64-75(5)9-4)74-97-101(90,91)95-70-76(83)69-94-100(88,89)96-73-77(71-92-79(84)65-60-55-50-45-24-21-18-15-12-8-3)98-81(86)67-62-57-52-47-42-38-32-28-26-23-20-17-14-11-7-2/h23,26,28,32,75-78,83H,6-22,24-25,27,29-31,33-74H2,1-5H3,(H,88,89)(H,90,91)/b26-23-,32-28-/t75?,76-,77+,78+/m0/s1. The second-order valence-electron chi connectivity index (χ2n) is 29.1. The second kappa shape index (κ2) is 74.4. The minimum absolute atomic E-state index is 0.0855. The van der Waals surface area contributed by atoms with E-state index in [1.165, 1.54) is 225 Å². The number of carbonyl (C=O) groups is 4. The van der Waals surface area contributed by atoms with Gasteiger partial charge < -0.3 is 33.8 Å². The summed E-state index contributed by atoms with van der Waals surface area (Å²) in [5.74, 6) is -1.29. The highest BCUT2D eigenvalue weighted by molar-refractivity contribution is 7.47. The van der Waals surface area contributed by atoms with Crippen molar-refractivity contribution in [2.45, 2.75) is 432 Å². The number of ether oxygens (including phenoxy) is 4. The molecule has 0 spiro atoms. The number of esters is 4. The molecular formula is C82H156O17P2. The summed E-state index contributed by atoms with van der Waals surface area (Å²) in [7, 11) is -9.93. The van der Waals surface area contributed by atoms with Crippen LogP contribution in [-0.2, 0) is 65.4 Å². The fourth-order valence-electron chi connectivity index (χ4n) is 12.2. The molecule has 0 saturated carbocycles. The molecule has 0 saturated heterocycles. The number of hydrogen-bond acceptors (Lipinski definition) is 15. The molecule has 0 amide bonds. The molecule has 0 aliphatic carbocycles. The van der Waals surface area contributed by atoms with Gasteiger partial charge in [-0.25, -0.2) is 9.13 Å². The summed E-state index contributed by atoms with van der Waals surface area (Å²) in [6, 6.07) is 0. The molecule has 0 radical (unpaired) electrons. The molecule has 0 fully saturated rings. The molecule has 0 bridgehead atoms. The molecule has 596 valence electrons. The van der Waals surface area contributed by atoms with Crippen LogP contribution in [0.15, 0.2) is 24.3 Å². The first-order valence-electron chi connectivity index (χ1n) is 42.0. The average molecular weight is 1480 g/mol. The van der Waals surface area contributed by atoms with E-state index in [1.54, 1.807) is 0 Å². The maximum absolute atomic E-state index is 13.1.